The van der Waals surface area contributed by atoms with E-state index in [-0.39, 0.29) is 12.3 Å². The van der Waals surface area contributed by atoms with Crippen LogP contribution in [0.3, 0.4) is 0 Å². The summed E-state index contributed by atoms with van der Waals surface area (Å²) in [6.07, 6.45) is -3.33. The number of amides is 1. The summed E-state index contributed by atoms with van der Waals surface area (Å²) in [5.41, 5.74) is 2.50. The van der Waals surface area contributed by atoms with Crippen LogP contribution in [0.5, 0.6) is 0 Å². The van der Waals surface area contributed by atoms with Crippen molar-refractivity contribution >= 4 is 17.7 Å². The zero-order valence-electron chi connectivity index (χ0n) is 15.1. The second kappa shape index (κ2) is 8.38. The monoisotopic (exact) mass is 393 g/mol. The number of thioether (sulfide) groups is 1. The van der Waals surface area contributed by atoms with Crippen LogP contribution in [0.2, 0.25) is 0 Å². The van der Waals surface area contributed by atoms with Gasteiger partial charge in [-0.1, -0.05) is 36.4 Å². The number of nitrogens with zero attached hydrogens (tertiary/aromatic N) is 1. The fourth-order valence-corrected chi connectivity index (χ4v) is 4.64. The maximum atomic E-state index is 12.6. The molecule has 27 heavy (non-hydrogen) atoms. The molecule has 1 aliphatic rings. The van der Waals surface area contributed by atoms with Crippen LogP contribution in [0.1, 0.15) is 33.9 Å². The number of carbonyl (C=O) groups excluding carboxylic acids is 1. The molecule has 0 radical (unpaired) electrons. The molecule has 1 unspecified atom stereocenters. The Hall–Kier alpha value is -1.95. The number of carbonyl (C=O) groups is 1. The lowest BCUT2D eigenvalue weighted by molar-refractivity contribution is -0.137. The van der Waals surface area contributed by atoms with Gasteiger partial charge in [-0.3, -0.25) is 4.79 Å². The van der Waals surface area contributed by atoms with Crippen LogP contribution < -0.4 is 0 Å². The first-order valence-electron chi connectivity index (χ1n) is 8.95. The van der Waals surface area contributed by atoms with Gasteiger partial charge in [-0.25, -0.2) is 0 Å². The number of aryl methyl sites for hydroxylation is 1. The Labute approximate surface area is 161 Å². The average molecular weight is 393 g/mol. The molecule has 1 heterocycles. The minimum absolute atomic E-state index is 0.0270. The molecule has 1 fully saturated rings. The molecular formula is C21H22F3NOS. The van der Waals surface area contributed by atoms with E-state index in [0.717, 1.165) is 24.3 Å². The Morgan fingerprint density at radius 2 is 1.81 bits per heavy atom. The molecule has 2 aromatic rings. The maximum Gasteiger partial charge on any atom is 0.416 e. The summed E-state index contributed by atoms with van der Waals surface area (Å²) in [5, 5.41) is 0.370. The van der Waals surface area contributed by atoms with E-state index >= 15 is 0 Å². The number of hydrogen-bond donors (Lipinski definition) is 0. The van der Waals surface area contributed by atoms with Crippen LogP contribution in [0.15, 0.2) is 48.5 Å². The summed E-state index contributed by atoms with van der Waals surface area (Å²) in [4.78, 5) is 14.4. The lowest BCUT2D eigenvalue weighted by atomic mass is 10.0. The van der Waals surface area contributed by atoms with E-state index in [4.69, 9.17) is 0 Å². The number of benzene rings is 2. The largest absolute Gasteiger partial charge is 0.416 e. The van der Waals surface area contributed by atoms with E-state index in [0.29, 0.717) is 23.9 Å². The smallest absolute Gasteiger partial charge is 0.342 e. The van der Waals surface area contributed by atoms with Crippen molar-refractivity contribution in [2.75, 3.05) is 18.8 Å². The predicted molar refractivity (Wildman–Crippen MR) is 103 cm³/mol. The molecule has 1 amide bonds. The molecule has 0 aliphatic carbocycles. The fraction of sp³-hybridized carbons (Fsp3) is 0.381. The van der Waals surface area contributed by atoms with Crippen molar-refractivity contribution in [3.63, 3.8) is 0 Å². The van der Waals surface area contributed by atoms with Gasteiger partial charge in [0.1, 0.15) is 0 Å². The molecule has 0 N–H and O–H groups in total. The van der Waals surface area contributed by atoms with Crippen LogP contribution in [-0.2, 0) is 17.4 Å². The summed E-state index contributed by atoms with van der Waals surface area (Å²) >= 11 is 1.86. The van der Waals surface area contributed by atoms with Crippen molar-refractivity contribution in [3.8, 4) is 0 Å². The summed E-state index contributed by atoms with van der Waals surface area (Å²) in [5.74, 6) is 0.832. The molecule has 2 aromatic carbocycles. The highest BCUT2D eigenvalue weighted by atomic mass is 32.2. The lowest BCUT2D eigenvalue weighted by Crippen LogP contribution is -2.34. The van der Waals surface area contributed by atoms with Gasteiger partial charge in [0.05, 0.1) is 12.0 Å². The zero-order valence-corrected chi connectivity index (χ0v) is 15.9. The Morgan fingerprint density at radius 3 is 2.48 bits per heavy atom. The standard InChI is InChI=1S/C21H22F3NOS/c1-15-4-2-3-5-18(15)19-10-11-25(12-13-27-19)20(26)14-16-6-8-17(9-7-16)21(22,23)24/h2-9,19H,10-14H2,1H3. The molecule has 2 nitrogen and oxygen atoms in total. The first-order chi connectivity index (χ1) is 12.8. The van der Waals surface area contributed by atoms with E-state index < -0.39 is 11.7 Å². The first-order valence-corrected chi connectivity index (χ1v) is 10.0. The Kier molecular flexibility index (Phi) is 6.15. The lowest BCUT2D eigenvalue weighted by Gasteiger charge is -2.21. The molecule has 1 saturated heterocycles. The number of hydrogen-bond acceptors (Lipinski definition) is 2. The first kappa shape index (κ1) is 19.8. The molecule has 0 bridgehead atoms. The van der Waals surface area contributed by atoms with Gasteiger partial charge in [0, 0.05) is 24.1 Å². The van der Waals surface area contributed by atoms with E-state index in [2.05, 4.69) is 19.1 Å². The van der Waals surface area contributed by atoms with Crippen LogP contribution in [0.4, 0.5) is 13.2 Å². The third-order valence-electron chi connectivity index (χ3n) is 4.87. The average Bonchev–Trinajstić information content (AvgIpc) is 2.88. The SMILES string of the molecule is Cc1ccccc1C1CCN(C(=O)Cc2ccc(C(F)(F)F)cc2)CCS1. The number of halogens is 3. The van der Waals surface area contributed by atoms with Crippen LogP contribution >= 0.6 is 11.8 Å². The van der Waals surface area contributed by atoms with Crippen molar-refractivity contribution in [2.45, 2.75) is 31.2 Å². The van der Waals surface area contributed by atoms with Crippen molar-refractivity contribution in [2.24, 2.45) is 0 Å². The molecule has 1 atom stereocenters. The third kappa shape index (κ3) is 5.06. The van der Waals surface area contributed by atoms with Gasteiger partial charge in [0.15, 0.2) is 0 Å². The van der Waals surface area contributed by atoms with E-state index in [1.807, 2.05) is 28.8 Å². The summed E-state index contributed by atoms with van der Waals surface area (Å²) < 4.78 is 37.9. The zero-order chi connectivity index (χ0) is 19.4. The second-order valence-corrected chi connectivity index (χ2v) is 8.07. The van der Waals surface area contributed by atoms with Crippen molar-refractivity contribution < 1.29 is 18.0 Å². The highest BCUT2D eigenvalue weighted by molar-refractivity contribution is 7.99. The van der Waals surface area contributed by atoms with Gasteiger partial charge in [0.2, 0.25) is 5.91 Å². The summed E-state index contributed by atoms with van der Waals surface area (Å²) in [6.45, 7) is 3.45. The fourth-order valence-electron chi connectivity index (χ4n) is 3.31. The highest BCUT2D eigenvalue weighted by Crippen LogP contribution is 2.36. The molecular weight excluding hydrogens is 371 g/mol. The van der Waals surface area contributed by atoms with Gasteiger partial charge in [-0.05, 0) is 42.2 Å². The molecule has 0 spiro atoms. The van der Waals surface area contributed by atoms with E-state index in [1.165, 1.54) is 23.3 Å². The van der Waals surface area contributed by atoms with Crippen molar-refractivity contribution in [3.05, 3.63) is 70.8 Å². The maximum absolute atomic E-state index is 12.6. The van der Waals surface area contributed by atoms with Gasteiger partial charge >= 0.3 is 6.18 Å². The molecule has 0 aromatic heterocycles. The molecule has 0 saturated carbocycles. The van der Waals surface area contributed by atoms with Crippen molar-refractivity contribution in [1.82, 2.24) is 4.90 Å². The Balaban J connectivity index is 1.60. The molecule has 3 rings (SSSR count). The van der Waals surface area contributed by atoms with E-state index in [9.17, 15) is 18.0 Å². The minimum Gasteiger partial charge on any atom is -0.342 e. The van der Waals surface area contributed by atoms with Gasteiger partial charge in [-0.2, -0.15) is 24.9 Å². The summed E-state index contributed by atoms with van der Waals surface area (Å²) in [7, 11) is 0. The molecule has 144 valence electrons. The van der Waals surface area contributed by atoms with Crippen molar-refractivity contribution in [1.29, 1.82) is 0 Å². The minimum atomic E-state index is -4.35. The predicted octanol–water partition coefficient (Wildman–Crippen LogP) is 5.26. The topological polar surface area (TPSA) is 20.3 Å². The van der Waals surface area contributed by atoms with Crippen LogP contribution in [0.25, 0.3) is 0 Å². The van der Waals surface area contributed by atoms with E-state index in [1.54, 1.807) is 0 Å². The highest BCUT2D eigenvalue weighted by Gasteiger charge is 2.30. The Morgan fingerprint density at radius 1 is 1.11 bits per heavy atom. The third-order valence-corrected chi connectivity index (χ3v) is 6.18. The molecule has 6 heteroatoms. The van der Waals surface area contributed by atoms with Gasteiger partial charge < -0.3 is 4.90 Å². The number of rotatable bonds is 3. The Bertz CT molecular complexity index is 789. The summed E-state index contributed by atoms with van der Waals surface area (Å²) in [6, 6.07) is 13.2. The van der Waals surface area contributed by atoms with Gasteiger partial charge in [0.25, 0.3) is 0 Å². The quantitative estimate of drug-likeness (QED) is 0.709. The van der Waals surface area contributed by atoms with Crippen LogP contribution in [0, 0.1) is 6.92 Å². The molecule has 1 aliphatic heterocycles. The number of alkyl halides is 3. The van der Waals surface area contributed by atoms with Crippen LogP contribution in [-0.4, -0.2) is 29.6 Å². The second-order valence-electron chi connectivity index (χ2n) is 6.76. The normalized spacial score (nSPS) is 18.2. The van der Waals surface area contributed by atoms with Gasteiger partial charge in [-0.15, -0.1) is 0 Å².